The Balaban J connectivity index is 1.15. The molecule has 8 rings (SSSR count). The third kappa shape index (κ3) is 8.25. The molecule has 3 bridgehead atoms. The van der Waals surface area contributed by atoms with Crippen molar-refractivity contribution in [2.24, 2.45) is 11.8 Å². The van der Waals surface area contributed by atoms with Gasteiger partial charge < -0.3 is 29.7 Å². The van der Waals surface area contributed by atoms with Crippen LogP contribution in [0.2, 0.25) is 0 Å². The maximum absolute atomic E-state index is 14.8. The molecule has 59 heavy (non-hydrogen) atoms. The molecule has 318 valence electrons. The second-order valence-corrected chi connectivity index (χ2v) is 19.7. The largest absolute Gasteiger partial charge is 0.497 e. The monoisotopic (exact) mass is 832 g/mol. The van der Waals surface area contributed by atoms with Crippen LogP contribution in [-0.2, 0) is 35.6 Å². The number of nitrogens with one attached hydrogen (secondary N) is 3. The third-order valence-electron chi connectivity index (χ3n) is 13.4. The summed E-state index contributed by atoms with van der Waals surface area (Å²) in [6.07, 6.45) is 13.0. The first-order valence-corrected chi connectivity index (χ1v) is 22.8. The van der Waals surface area contributed by atoms with Crippen molar-refractivity contribution in [1.82, 2.24) is 30.2 Å². The van der Waals surface area contributed by atoms with E-state index >= 15 is 0 Å². The van der Waals surface area contributed by atoms with Crippen molar-refractivity contribution in [2.45, 2.75) is 144 Å². The number of ether oxygens (including phenoxy) is 3. The molecule has 6 aliphatic rings. The number of methoxy groups -OCH3 is 1. The van der Waals surface area contributed by atoms with Crippen LogP contribution in [0.15, 0.2) is 42.5 Å². The molecule has 4 heterocycles. The molecule has 0 unspecified atom stereocenters. The van der Waals surface area contributed by atoms with Gasteiger partial charge in [0.2, 0.25) is 27.7 Å². The van der Waals surface area contributed by atoms with Gasteiger partial charge in [-0.3, -0.25) is 19.1 Å². The summed E-state index contributed by atoms with van der Waals surface area (Å²) in [5.74, 6) is -1.55. The molecule has 1 aromatic carbocycles. The number of alkyl carbamates (subject to hydrolysis) is 1. The van der Waals surface area contributed by atoms with Crippen LogP contribution in [-0.4, -0.2) is 95.3 Å². The Morgan fingerprint density at radius 2 is 1.76 bits per heavy atom. The van der Waals surface area contributed by atoms with Gasteiger partial charge in [0.05, 0.1) is 29.4 Å². The summed E-state index contributed by atoms with van der Waals surface area (Å²) in [7, 11) is -2.48. The molecule has 1 aromatic heterocycles. The number of aryl methyl sites for hydroxylation is 1. The molecule has 3 saturated carbocycles. The van der Waals surface area contributed by atoms with Gasteiger partial charge in [-0.25, -0.2) is 23.2 Å². The quantitative estimate of drug-likeness (QED) is 0.354. The molecule has 0 radical (unpaired) electrons. The number of benzene rings is 1. The van der Waals surface area contributed by atoms with Crippen LogP contribution in [0.25, 0.3) is 11.0 Å². The van der Waals surface area contributed by atoms with E-state index in [1.807, 2.05) is 18.2 Å². The van der Waals surface area contributed by atoms with Gasteiger partial charge in [-0.2, -0.15) is 0 Å². The standard InChI is InChI=1S/C43H56N6O9S/c1-26-30-15-9-5-4-6-10-17-33-39(51)49-25-29(24-35(49)37(50)47-43(26,30)40(52)48-59(54,55)42(2)21-22-42)57-38-32(44-31-20-19-28(56-3)23-34(31)45-38)16-11-7-8-13-27-14-12-18-36(27)58-41(53)46-33/h9,15,19-20,23,27,29-30,33,35-36H,1,4-8,10-14,16-18,21-22,24-25H2,2-3H3,(H,46,53)(H,47,50)(H,48,52)/b15-9-/t27-,29-,30-,33+,35+,36-,43-/m1/s1. The Labute approximate surface area is 345 Å². The first-order chi connectivity index (χ1) is 28.3. The topological polar surface area (TPSA) is 195 Å². The zero-order valence-corrected chi connectivity index (χ0v) is 34.8. The van der Waals surface area contributed by atoms with Crippen LogP contribution in [0.4, 0.5) is 4.79 Å². The van der Waals surface area contributed by atoms with Crippen molar-refractivity contribution in [3.8, 4) is 11.6 Å². The van der Waals surface area contributed by atoms with Crippen LogP contribution < -0.4 is 24.8 Å². The first kappa shape index (κ1) is 41.0. The number of hydrogen-bond donors (Lipinski definition) is 3. The normalized spacial score (nSPS) is 31.9. The molecule has 3 aliphatic carbocycles. The molecule has 2 aromatic rings. The number of aromatic nitrogens is 2. The third-order valence-corrected chi connectivity index (χ3v) is 15.6. The molecule has 7 atom stereocenters. The molecular formula is C43H56N6O9S. The summed E-state index contributed by atoms with van der Waals surface area (Å²) in [6, 6.07) is 3.31. The maximum atomic E-state index is 14.8. The zero-order valence-electron chi connectivity index (χ0n) is 34.0. The van der Waals surface area contributed by atoms with E-state index in [0.717, 1.165) is 57.8 Å². The van der Waals surface area contributed by atoms with E-state index < -0.39 is 68.2 Å². The summed E-state index contributed by atoms with van der Waals surface area (Å²) in [4.78, 5) is 68.4. The maximum Gasteiger partial charge on any atom is 0.408 e. The number of sulfonamides is 1. The number of allylic oxidation sites excluding steroid dienone is 1. The van der Waals surface area contributed by atoms with E-state index in [-0.39, 0.29) is 25.0 Å². The second-order valence-electron chi connectivity index (χ2n) is 17.5. The minimum Gasteiger partial charge on any atom is -0.497 e. The van der Waals surface area contributed by atoms with E-state index in [2.05, 4.69) is 21.9 Å². The number of rotatable bonds is 4. The highest BCUT2D eigenvalue weighted by Gasteiger charge is 2.66. The number of nitrogens with zero attached hydrogens (tertiary/aromatic N) is 3. The fourth-order valence-electron chi connectivity index (χ4n) is 9.35. The summed E-state index contributed by atoms with van der Waals surface area (Å²) in [5, 5.41) is 5.76. The fraction of sp³-hybridized carbons (Fsp3) is 0.628. The van der Waals surface area contributed by atoms with E-state index in [1.54, 1.807) is 26.2 Å². The van der Waals surface area contributed by atoms with Gasteiger partial charge in [0.1, 0.15) is 35.7 Å². The summed E-state index contributed by atoms with van der Waals surface area (Å²) >= 11 is 0. The molecule has 3 N–H and O–H groups in total. The van der Waals surface area contributed by atoms with Crippen LogP contribution in [0.5, 0.6) is 11.6 Å². The zero-order chi connectivity index (χ0) is 41.5. The minimum atomic E-state index is -4.05. The van der Waals surface area contributed by atoms with Crippen molar-refractivity contribution in [1.29, 1.82) is 0 Å². The van der Waals surface area contributed by atoms with Crippen molar-refractivity contribution in [3.05, 3.63) is 48.2 Å². The van der Waals surface area contributed by atoms with Crippen molar-refractivity contribution in [3.63, 3.8) is 0 Å². The number of carbonyl (C=O) groups is 4. The van der Waals surface area contributed by atoms with E-state index in [9.17, 15) is 27.6 Å². The number of carbonyl (C=O) groups excluding carboxylic acids is 4. The lowest BCUT2D eigenvalue weighted by molar-refractivity contribution is -0.141. The molecule has 3 aliphatic heterocycles. The summed E-state index contributed by atoms with van der Waals surface area (Å²) < 4.78 is 45.9. The Kier molecular flexibility index (Phi) is 11.4. The van der Waals surface area contributed by atoms with Crippen LogP contribution in [0.3, 0.4) is 0 Å². The second kappa shape index (κ2) is 16.4. The van der Waals surface area contributed by atoms with Gasteiger partial charge in [-0.15, -0.1) is 0 Å². The minimum absolute atomic E-state index is 0.0246. The van der Waals surface area contributed by atoms with Gasteiger partial charge in [0.25, 0.3) is 5.91 Å². The Morgan fingerprint density at radius 3 is 2.56 bits per heavy atom. The van der Waals surface area contributed by atoms with E-state index in [1.165, 1.54) is 4.90 Å². The van der Waals surface area contributed by atoms with Crippen LogP contribution >= 0.6 is 0 Å². The number of amides is 4. The van der Waals surface area contributed by atoms with Gasteiger partial charge in [-0.05, 0) is 101 Å². The van der Waals surface area contributed by atoms with E-state index in [0.29, 0.717) is 72.5 Å². The molecule has 0 spiro atoms. The van der Waals surface area contributed by atoms with Crippen molar-refractivity contribution >= 4 is 44.9 Å². The van der Waals surface area contributed by atoms with Crippen molar-refractivity contribution < 1.29 is 41.8 Å². The van der Waals surface area contributed by atoms with Gasteiger partial charge in [0.15, 0.2) is 5.54 Å². The summed E-state index contributed by atoms with van der Waals surface area (Å²) in [6.45, 7) is 5.67. The van der Waals surface area contributed by atoms with Crippen LogP contribution in [0, 0.1) is 11.8 Å². The predicted molar refractivity (Wildman–Crippen MR) is 218 cm³/mol. The Hall–Kier alpha value is -4.73. The smallest absolute Gasteiger partial charge is 0.408 e. The summed E-state index contributed by atoms with van der Waals surface area (Å²) in [5.41, 5.74) is 0.518. The van der Waals surface area contributed by atoms with Gasteiger partial charge in [-0.1, -0.05) is 44.4 Å². The van der Waals surface area contributed by atoms with Gasteiger partial charge >= 0.3 is 6.09 Å². The SMILES string of the molecule is C=C1[C@H]2/C=C\CCCCC[C@@H]3NC(=O)O[C@@H]4CCC[C@H]4CCCCCc4nc5ccc(OC)cc5nc4O[C@@H]4C[C@@H](C(=O)N[C@]12C(=O)NS(=O)(=O)C1(C)CC1)N(C4)C3=O. The molecule has 16 heteroatoms. The Morgan fingerprint density at radius 1 is 0.983 bits per heavy atom. The lowest BCUT2D eigenvalue weighted by atomic mass is 9.97. The lowest BCUT2D eigenvalue weighted by Crippen LogP contribution is -2.59. The number of fused-ring (bicyclic) bond motifs is 6. The highest BCUT2D eigenvalue weighted by molar-refractivity contribution is 7.91. The van der Waals surface area contributed by atoms with Gasteiger partial charge in [0, 0.05) is 18.4 Å². The number of hydrogen-bond acceptors (Lipinski definition) is 11. The molecule has 15 nitrogen and oxygen atoms in total. The fourth-order valence-corrected chi connectivity index (χ4v) is 10.6. The average Bonchev–Trinajstić information content (AvgIpc) is 3.91. The predicted octanol–water partition coefficient (Wildman–Crippen LogP) is 4.93. The highest BCUT2D eigenvalue weighted by Crippen LogP contribution is 2.51. The highest BCUT2D eigenvalue weighted by atomic mass is 32.2. The molecule has 4 amide bonds. The van der Waals surface area contributed by atoms with Crippen LogP contribution in [0.1, 0.15) is 109 Å². The molecular weight excluding hydrogens is 777 g/mol. The molecule has 1 saturated heterocycles. The average molecular weight is 833 g/mol. The Bertz CT molecular complexity index is 2160. The van der Waals surface area contributed by atoms with E-state index in [4.69, 9.17) is 24.2 Å². The molecule has 4 fully saturated rings. The van der Waals surface area contributed by atoms with Crippen molar-refractivity contribution in [2.75, 3.05) is 13.7 Å². The first-order valence-electron chi connectivity index (χ1n) is 21.4. The lowest BCUT2D eigenvalue weighted by Gasteiger charge is -2.30.